The molecule has 45 heavy (non-hydrogen) atoms. The fraction of sp³-hybridized carbons (Fsp3) is 0.750. The van der Waals surface area contributed by atoms with Crippen LogP contribution in [0.1, 0.15) is 5.56 Å². The second-order valence-corrected chi connectivity index (χ2v) is 38.3. The van der Waals surface area contributed by atoms with Crippen LogP contribution in [0.5, 0.6) is 0 Å². The number of hydrogen-bond acceptors (Lipinski definition) is 7. The predicted molar refractivity (Wildman–Crippen MR) is 182 cm³/mol. The number of rotatable bonds is 18. The fourth-order valence-corrected chi connectivity index (χ4v) is 8.32. The standard InChI is InChI=1S/C28H54F5NO6Si5/c1-41(2,3)36-17-20(34-35-16-19-22(29)24(31)26(33)25(32)23(19)30)27(39-44(10,11)12)28(40-45(13,14)15)21(38-43(7,8)9)18-37-42(4,5)6/h21,27-28H,16-18H2,1-15H3/b34-20+. The number of hydrogen-bond donors (Lipinski definition) is 0. The summed E-state index contributed by atoms with van der Waals surface area (Å²) in [7, 11) is -11.1. The summed E-state index contributed by atoms with van der Waals surface area (Å²) >= 11 is 0. The maximum atomic E-state index is 14.4. The van der Waals surface area contributed by atoms with Gasteiger partial charge in [-0.1, -0.05) is 5.16 Å². The van der Waals surface area contributed by atoms with Crippen LogP contribution in [0.25, 0.3) is 0 Å². The Hall–Kier alpha value is -0.776. The molecule has 7 nitrogen and oxygen atoms in total. The summed E-state index contributed by atoms with van der Waals surface area (Å²) in [6.07, 6.45) is -2.22. The zero-order valence-corrected chi connectivity index (χ0v) is 34.6. The zero-order chi connectivity index (χ0) is 35.3. The first kappa shape index (κ1) is 42.2. The SMILES string of the molecule is C[Si](C)(C)OC/C(=N\OCc1c(F)c(F)c(F)c(F)c1F)C(O[Si](C)(C)C)C(O[Si](C)(C)C)C(CO[Si](C)(C)C)O[Si](C)(C)C. The lowest BCUT2D eigenvalue weighted by atomic mass is 10.0. The monoisotopic (exact) mass is 735 g/mol. The lowest BCUT2D eigenvalue weighted by Gasteiger charge is -2.42. The Bertz CT molecular complexity index is 1130. The van der Waals surface area contributed by atoms with Crippen molar-refractivity contribution in [2.75, 3.05) is 13.2 Å². The lowest BCUT2D eigenvalue weighted by molar-refractivity contribution is -0.0311. The maximum Gasteiger partial charge on any atom is 0.200 e. The Labute approximate surface area is 271 Å². The van der Waals surface area contributed by atoms with Gasteiger partial charge >= 0.3 is 0 Å². The molecule has 0 heterocycles. The first-order chi connectivity index (χ1) is 20.0. The molecule has 3 unspecified atom stereocenters. The van der Waals surface area contributed by atoms with Gasteiger partial charge in [-0.3, -0.25) is 0 Å². The summed E-state index contributed by atoms with van der Waals surface area (Å²) in [5.41, 5.74) is -0.925. The molecule has 3 atom stereocenters. The molecular formula is C28H54F5NO6Si5. The highest BCUT2D eigenvalue weighted by Crippen LogP contribution is 2.27. The smallest absolute Gasteiger partial charge is 0.200 e. The molecule has 17 heteroatoms. The third-order valence-electron chi connectivity index (χ3n) is 5.49. The van der Waals surface area contributed by atoms with E-state index in [-0.39, 0.29) is 18.9 Å². The average Bonchev–Trinajstić information content (AvgIpc) is 2.82. The van der Waals surface area contributed by atoms with E-state index in [1.807, 2.05) is 58.9 Å². The van der Waals surface area contributed by atoms with E-state index in [2.05, 4.69) is 44.4 Å². The van der Waals surface area contributed by atoms with Crippen LogP contribution in [-0.2, 0) is 33.6 Å². The predicted octanol–water partition coefficient (Wildman–Crippen LogP) is 8.62. The topological polar surface area (TPSA) is 67.7 Å². The van der Waals surface area contributed by atoms with Crippen molar-refractivity contribution in [3.63, 3.8) is 0 Å². The Morgan fingerprint density at radius 3 is 1.38 bits per heavy atom. The van der Waals surface area contributed by atoms with Gasteiger partial charge < -0.3 is 27.0 Å². The molecule has 0 bridgehead atoms. The van der Waals surface area contributed by atoms with Crippen LogP contribution < -0.4 is 0 Å². The van der Waals surface area contributed by atoms with Gasteiger partial charge in [0.1, 0.15) is 24.5 Å². The molecule has 0 aromatic heterocycles. The number of nitrogens with zero attached hydrogens (tertiary/aromatic N) is 1. The molecule has 262 valence electrons. The molecular weight excluding hydrogens is 682 g/mol. The van der Waals surface area contributed by atoms with Gasteiger partial charge in [0.25, 0.3) is 0 Å². The van der Waals surface area contributed by atoms with E-state index in [4.69, 9.17) is 27.0 Å². The van der Waals surface area contributed by atoms with Crippen LogP contribution in [0, 0.1) is 29.1 Å². The minimum atomic E-state index is -2.38. The van der Waals surface area contributed by atoms with Crippen molar-refractivity contribution in [2.24, 2.45) is 5.16 Å². The van der Waals surface area contributed by atoms with E-state index in [0.717, 1.165) is 0 Å². The Balaban J connectivity index is 3.85. The number of oxime groups is 1. The van der Waals surface area contributed by atoms with Gasteiger partial charge in [0.05, 0.1) is 24.9 Å². The first-order valence-corrected chi connectivity index (χ1v) is 32.1. The highest BCUT2D eigenvalue weighted by molar-refractivity contribution is 6.71. The van der Waals surface area contributed by atoms with Crippen LogP contribution in [-0.4, -0.2) is 78.8 Å². The molecule has 0 saturated carbocycles. The summed E-state index contributed by atoms with van der Waals surface area (Å²) < 4.78 is 103. The molecule has 1 aromatic rings. The number of halogens is 5. The van der Waals surface area contributed by atoms with Gasteiger partial charge in [0.2, 0.25) is 5.82 Å². The summed E-state index contributed by atoms with van der Waals surface area (Å²) in [5, 5.41) is 4.21. The third-order valence-corrected chi connectivity index (χ3v) is 10.5. The van der Waals surface area contributed by atoms with Crippen molar-refractivity contribution in [3.8, 4) is 0 Å². The van der Waals surface area contributed by atoms with E-state index in [0.29, 0.717) is 0 Å². The van der Waals surface area contributed by atoms with Crippen molar-refractivity contribution in [1.82, 2.24) is 0 Å². The van der Waals surface area contributed by atoms with Crippen molar-refractivity contribution in [3.05, 3.63) is 34.6 Å². The van der Waals surface area contributed by atoms with Crippen LogP contribution in [0.2, 0.25) is 98.2 Å². The van der Waals surface area contributed by atoms with Gasteiger partial charge in [0.15, 0.2) is 64.9 Å². The minimum absolute atomic E-state index is 0.0813. The maximum absolute atomic E-state index is 14.4. The van der Waals surface area contributed by atoms with E-state index >= 15 is 0 Å². The number of benzene rings is 1. The van der Waals surface area contributed by atoms with Gasteiger partial charge in [-0.2, -0.15) is 0 Å². The lowest BCUT2D eigenvalue weighted by Crippen LogP contribution is -2.58. The summed E-state index contributed by atoms with van der Waals surface area (Å²) in [5.74, 6) is -10.3. The Morgan fingerprint density at radius 1 is 0.556 bits per heavy atom. The van der Waals surface area contributed by atoms with Gasteiger partial charge in [-0.25, -0.2) is 22.0 Å². The summed E-state index contributed by atoms with van der Waals surface area (Å²) in [4.78, 5) is 5.35. The zero-order valence-electron chi connectivity index (χ0n) is 29.6. The Kier molecular flexibility index (Phi) is 15.1. The average molecular weight is 736 g/mol. The molecule has 0 aliphatic heterocycles. The Morgan fingerprint density at radius 2 is 0.978 bits per heavy atom. The summed E-state index contributed by atoms with van der Waals surface area (Å²) in [6.45, 7) is 29.5. The van der Waals surface area contributed by atoms with E-state index in [9.17, 15) is 22.0 Å². The molecule has 0 aliphatic carbocycles. The highest BCUT2D eigenvalue weighted by atomic mass is 28.4. The normalized spacial score (nSPS) is 16.1. The first-order valence-electron chi connectivity index (χ1n) is 15.0. The van der Waals surface area contributed by atoms with Crippen molar-refractivity contribution in [2.45, 2.75) is 123 Å². The van der Waals surface area contributed by atoms with Gasteiger partial charge in [-0.15, -0.1) is 0 Å². The second kappa shape index (κ2) is 16.1. The molecule has 1 aromatic carbocycles. The summed E-state index contributed by atoms with van der Waals surface area (Å²) in [6, 6.07) is 0. The minimum Gasteiger partial charge on any atom is -0.415 e. The largest absolute Gasteiger partial charge is 0.415 e. The van der Waals surface area contributed by atoms with E-state index in [1.54, 1.807) is 0 Å². The van der Waals surface area contributed by atoms with Crippen LogP contribution in [0.3, 0.4) is 0 Å². The molecule has 0 spiro atoms. The molecule has 0 radical (unpaired) electrons. The molecule has 0 N–H and O–H groups in total. The van der Waals surface area contributed by atoms with Gasteiger partial charge in [0, 0.05) is 0 Å². The highest BCUT2D eigenvalue weighted by Gasteiger charge is 2.43. The molecule has 0 aliphatic rings. The second-order valence-electron chi connectivity index (χ2n) is 15.8. The van der Waals surface area contributed by atoms with Crippen molar-refractivity contribution in [1.29, 1.82) is 0 Å². The van der Waals surface area contributed by atoms with Crippen LogP contribution in [0.15, 0.2) is 5.16 Å². The van der Waals surface area contributed by atoms with Crippen molar-refractivity contribution >= 4 is 47.3 Å². The van der Waals surface area contributed by atoms with Crippen LogP contribution in [0.4, 0.5) is 22.0 Å². The molecule has 1 rings (SSSR count). The fourth-order valence-electron chi connectivity index (χ4n) is 3.84. The van der Waals surface area contributed by atoms with Crippen molar-refractivity contribution < 1.29 is 48.9 Å². The van der Waals surface area contributed by atoms with Gasteiger partial charge in [-0.05, 0) is 98.2 Å². The molecule has 0 fully saturated rings. The third kappa shape index (κ3) is 15.8. The van der Waals surface area contributed by atoms with Crippen LogP contribution >= 0.6 is 0 Å². The van der Waals surface area contributed by atoms with E-state index < -0.39 is 101 Å². The van der Waals surface area contributed by atoms with E-state index in [1.165, 1.54) is 0 Å². The molecule has 0 saturated heterocycles. The molecule has 0 amide bonds. The quantitative estimate of drug-likeness (QED) is 0.0376.